The van der Waals surface area contributed by atoms with Gasteiger partial charge in [0.1, 0.15) is 6.54 Å². The summed E-state index contributed by atoms with van der Waals surface area (Å²) in [5.74, 6) is -0.624. The van der Waals surface area contributed by atoms with Crippen LogP contribution in [0.5, 0.6) is 0 Å². The maximum absolute atomic E-state index is 13.2. The molecule has 0 radical (unpaired) electrons. The Morgan fingerprint density at radius 1 is 0.967 bits per heavy atom. The topological polar surface area (TPSA) is 102 Å². The van der Waals surface area contributed by atoms with E-state index in [9.17, 15) is 18.0 Å². The van der Waals surface area contributed by atoms with Gasteiger partial charge in [0.05, 0.1) is 9.79 Å². The Hall–Kier alpha value is -3.13. The highest BCUT2D eigenvalue weighted by molar-refractivity contribution is 7.91. The van der Waals surface area contributed by atoms with E-state index in [4.69, 9.17) is 5.73 Å². The Bertz CT molecular complexity index is 1190. The van der Waals surface area contributed by atoms with Crippen molar-refractivity contribution in [3.63, 3.8) is 0 Å². The third kappa shape index (κ3) is 3.70. The fourth-order valence-electron chi connectivity index (χ4n) is 3.94. The number of rotatable bonds is 5. The van der Waals surface area contributed by atoms with Crippen LogP contribution in [0.1, 0.15) is 12.8 Å². The third-order valence-electron chi connectivity index (χ3n) is 5.65. The van der Waals surface area contributed by atoms with Gasteiger partial charge in [-0.15, -0.1) is 0 Å². The number of primary amides is 1. The molecule has 1 aliphatic rings. The van der Waals surface area contributed by atoms with Gasteiger partial charge in [0.25, 0.3) is 0 Å². The second-order valence-electron chi connectivity index (χ2n) is 7.51. The Labute approximate surface area is 175 Å². The number of piperidine rings is 1. The molecule has 2 heterocycles. The SMILES string of the molecule is NC(=O)C1CCN(C(=O)Cn2cc(S(=O)(=O)c3ccccc3)c3ccccc32)CC1. The van der Waals surface area contributed by atoms with Crippen molar-refractivity contribution in [3.05, 3.63) is 60.8 Å². The van der Waals surface area contributed by atoms with E-state index in [1.54, 1.807) is 58.1 Å². The predicted molar refractivity (Wildman–Crippen MR) is 112 cm³/mol. The maximum atomic E-state index is 13.2. The Kier molecular flexibility index (Phi) is 5.34. The molecule has 4 rings (SSSR count). The average molecular weight is 426 g/mol. The summed E-state index contributed by atoms with van der Waals surface area (Å²) in [5, 5.41) is 0.585. The fourth-order valence-corrected chi connectivity index (χ4v) is 5.44. The number of nitrogens with zero attached hydrogens (tertiary/aromatic N) is 2. The van der Waals surface area contributed by atoms with Crippen LogP contribution in [0.3, 0.4) is 0 Å². The van der Waals surface area contributed by atoms with Crippen molar-refractivity contribution in [3.8, 4) is 0 Å². The minimum absolute atomic E-state index is 0.0338. The number of benzene rings is 2. The number of aromatic nitrogens is 1. The molecule has 2 N–H and O–H groups in total. The zero-order valence-electron chi connectivity index (χ0n) is 16.4. The highest BCUT2D eigenvalue weighted by Crippen LogP contribution is 2.30. The lowest BCUT2D eigenvalue weighted by Gasteiger charge is -2.30. The van der Waals surface area contributed by atoms with Crippen molar-refractivity contribution in [1.82, 2.24) is 9.47 Å². The molecule has 0 saturated carbocycles. The van der Waals surface area contributed by atoms with Crippen molar-refractivity contribution in [2.45, 2.75) is 29.2 Å². The first-order valence-corrected chi connectivity index (χ1v) is 11.3. The number of hydrogen-bond donors (Lipinski definition) is 1. The monoisotopic (exact) mass is 425 g/mol. The summed E-state index contributed by atoms with van der Waals surface area (Å²) in [7, 11) is -3.72. The number of para-hydroxylation sites is 1. The molecular weight excluding hydrogens is 402 g/mol. The lowest BCUT2D eigenvalue weighted by Crippen LogP contribution is -2.42. The number of fused-ring (bicyclic) bond motifs is 1. The Balaban J connectivity index is 1.63. The van der Waals surface area contributed by atoms with Gasteiger partial charge in [0.2, 0.25) is 21.7 Å². The van der Waals surface area contributed by atoms with Crippen LogP contribution in [-0.2, 0) is 26.0 Å². The number of likely N-dealkylation sites (tertiary alicyclic amines) is 1. The van der Waals surface area contributed by atoms with Gasteiger partial charge in [-0.3, -0.25) is 9.59 Å². The summed E-state index contributed by atoms with van der Waals surface area (Å²) < 4.78 is 28.1. The van der Waals surface area contributed by atoms with Gasteiger partial charge in [0, 0.05) is 36.1 Å². The Morgan fingerprint density at radius 3 is 2.27 bits per heavy atom. The number of carbonyl (C=O) groups is 2. The van der Waals surface area contributed by atoms with Crippen molar-refractivity contribution in [1.29, 1.82) is 0 Å². The molecule has 2 aromatic carbocycles. The van der Waals surface area contributed by atoms with E-state index in [2.05, 4.69) is 0 Å². The van der Waals surface area contributed by atoms with E-state index in [1.807, 2.05) is 12.1 Å². The molecule has 3 aromatic rings. The molecule has 0 atom stereocenters. The Morgan fingerprint density at radius 2 is 1.60 bits per heavy atom. The highest BCUT2D eigenvalue weighted by Gasteiger charge is 2.27. The second-order valence-corrected chi connectivity index (χ2v) is 9.43. The molecule has 8 heteroatoms. The molecule has 1 saturated heterocycles. The summed E-state index contributed by atoms with van der Waals surface area (Å²) >= 11 is 0. The first-order valence-electron chi connectivity index (χ1n) is 9.83. The van der Waals surface area contributed by atoms with Crippen LogP contribution in [0.2, 0.25) is 0 Å². The third-order valence-corrected chi connectivity index (χ3v) is 7.45. The molecule has 156 valence electrons. The minimum Gasteiger partial charge on any atom is -0.369 e. The van der Waals surface area contributed by atoms with Crippen LogP contribution in [0, 0.1) is 5.92 Å². The minimum atomic E-state index is -3.72. The molecule has 1 aromatic heterocycles. The van der Waals surface area contributed by atoms with E-state index < -0.39 is 9.84 Å². The first kappa shape index (κ1) is 20.2. The molecule has 0 unspecified atom stereocenters. The zero-order valence-corrected chi connectivity index (χ0v) is 17.2. The van der Waals surface area contributed by atoms with Gasteiger partial charge in [-0.05, 0) is 31.0 Å². The lowest BCUT2D eigenvalue weighted by atomic mass is 9.96. The van der Waals surface area contributed by atoms with Crippen LogP contribution >= 0.6 is 0 Å². The zero-order chi connectivity index (χ0) is 21.3. The predicted octanol–water partition coefficient (Wildman–Crippen LogP) is 2.20. The van der Waals surface area contributed by atoms with Gasteiger partial charge >= 0.3 is 0 Å². The lowest BCUT2D eigenvalue weighted by molar-refractivity contribution is -0.135. The highest BCUT2D eigenvalue weighted by atomic mass is 32.2. The van der Waals surface area contributed by atoms with Crippen molar-refractivity contribution in [2.75, 3.05) is 13.1 Å². The van der Waals surface area contributed by atoms with Crippen LogP contribution in [-0.4, -0.2) is 42.8 Å². The largest absolute Gasteiger partial charge is 0.369 e. The summed E-state index contributed by atoms with van der Waals surface area (Å²) in [6.45, 7) is 0.980. The van der Waals surface area contributed by atoms with Gasteiger partial charge in [-0.2, -0.15) is 0 Å². The number of nitrogens with two attached hydrogens (primary N) is 1. The van der Waals surface area contributed by atoms with Crippen LogP contribution in [0.4, 0.5) is 0 Å². The molecule has 1 aliphatic heterocycles. The molecular formula is C22H23N3O4S. The smallest absolute Gasteiger partial charge is 0.242 e. The average Bonchev–Trinajstić information content (AvgIpc) is 3.14. The summed E-state index contributed by atoms with van der Waals surface area (Å²) in [5.41, 5.74) is 6.05. The van der Waals surface area contributed by atoms with Gasteiger partial charge in [0.15, 0.2) is 0 Å². The van der Waals surface area contributed by atoms with Gasteiger partial charge in [-0.25, -0.2) is 8.42 Å². The summed E-state index contributed by atoms with van der Waals surface area (Å²) in [6, 6.07) is 15.4. The summed E-state index contributed by atoms with van der Waals surface area (Å²) in [6.07, 6.45) is 2.66. The van der Waals surface area contributed by atoms with Crippen LogP contribution in [0.15, 0.2) is 70.6 Å². The molecule has 0 bridgehead atoms. The molecule has 2 amide bonds. The van der Waals surface area contributed by atoms with Crippen LogP contribution < -0.4 is 5.73 Å². The summed E-state index contributed by atoms with van der Waals surface area (Å²) in [4.78, 5) is 26.3. The van der Waals surface area contributed by atoms with Gasteiger partial charge in [-0.1, -0.05) is 36.4 Å². The molecule has 7 nitrogen and oxygen atoms in total. The number of hydrogen-bond acceptors (Lipinski definition) is 4. The van der Waals surface area contributed by atoms with E-state index >= 15 is 0 Å². The normalized spacial score (nSPS) is 15.4. The first-order chi connectivity index (χ1) is 14.4. The van der Waals surface area contributed by atoms with E-state index in [-0.39, 0.29) is 34.1 Å². The van der Waals surface area contributed by atoms with Crippen molar-refractivity contribution >= 4 is 32.6 Å². The standard InChI is InChI=1S/C22H23N3O4S/c23-22(27)16-10-12-24(13-11-16)21(26)15-25-14-20(18-8-4-5-9-19(18)25)30(28,29)17-6-2-1-3-7-17/h1-9,14,16H,10-13,15H2,(H2,23,27). The van der Waals surface area contributed by atoms with Gasteiger partial charge < -0.3 is 15.2 Å². The second kappa shape index (κ2) is 7.95. The molecule has 30 heavy (non-hydrogen) atoms. The van der Waals surface area contributed by atoms with Crippen LogP contribution in [0.25, 0.3) is 10.9 Å². The quantitative estimate of drug-likeness (QED) is 0.677. The van der Waals surface area contributed by atoms with E-state index in [0.29, 0.717) is 36.8 Å². The molecule has 0 spiro atoms. The fraction of sp³-hybridized carbons (Fsp3) is 0.273. The van der Waals surface area contributed by atoms with Crippen molar-refractivity contribution in [2.24, 2.45) is 11.7 Å². The number of amides is 2. The van der Waals surface area contributed by atoms with Crippen molar-refractivity contribution < 1.29 is 18.0 Å². The molecule has 1 fully saturated rings. The van der Waals surface area contributed by atoms with E-state index in [0.717, 1.165) is 0 Å². The number of carbonyl (C=O) groups excluding carboxylic acids is 2. The number of sulfone groups is 1. The maximum Gasteiger partial charge on any atom is 0.242 e. The van der Waals surface area contributed by atoms with E-state index in [1.165, 1.54) is 0 Å². The molecule has 0 aliphatic carbocycles.